The van der Waals surface area contributed by atoms with Crippen molar-refractivity contribution in [2.75, 3.05) is 0 Å². The number of rotatable bonds is 6. The highest BCUT2D eigenvalue weighted by Gasteiger charge is 2.33. The van der Waals surface area contributed by atoms with Crippen LogP contribution in [0.5, 0.6) is 0 Å². The Bertz CT molecular complexity index is 669. The van der Waals surface area contributed by atoms with Crippen LogP contribution in [0.25, 0.3) is 0 Å². The van der Waals surface area contributed by atoms with Crippen molar-refractivity contribution in [3.05, 3.63) is 52.5 Å². The van der Waals surface area contributed by atoms with Gasteiger partial charge in [-0.05, 0) is 24.6 Å². The van der Waals surface area contributed by atoms with Crippen molar-refractivity contribution in [3.8, 4) is 0 Å². The second-order valence-corrected chi connectivity index (χ2v) is 6.95. The zero-order valence-electron chi connectivity index (χ0n) is 13.4. The first-order valence-electron chi connectivity index (χ1n) is 7.48. The fourth-order valence-corrected chi connectivity index (χ4v) is 2.89. The molecule has 0 aliphatic carbocycles. The van der Waals surface area contributed by atoms with Crippen LogP contribution in [0.15, 0.2) is 36.9 Å². The van der Waals surface area contributed by atoms with Crippen molar-refractivity contribution in [3.63, 3.8) is 0 Å². The van der Waals surface area contributed by atoms with Gasteiger partial charge in [-0.15, -0.1) is 0 Å². The molecule has 4 nitrogen and oxygen atoms in total. The molecule has 124 valence electrons. The van der Waals surface area contributed by atoms with E-state index < -0.39 is 12.2 Å². The lowest BCUT2D eigenvalue weighted by Gasteiger charge is -2.34. The number of carbonyl (C=O) groups excluding carboxylic acids is 1. The van der Waals surface area contributed by atoms with E-state index in [1.165, 1.54) is 6.07 Å². The SMILES string of the molecule is CCCC(C)(C)C(OC(=O)c1ccc(Cl)c(Cl)c1)n1ccnc1. The average Bonchev–Trinajstić information content (AvgIpc) is 3.01. The van der Waals surface area contributed by atoms with Crippen LogP contribution in [0.4, 0.5) is 0 Å². The largest absolute Gasteiger partial charge is 0.437 e. The first kappa shape index (κ1) is 17.8. The molecule has 2 rings (SSSR count). The van der Waals surface area contributed by atoms with E-state index in [4.69, 9.17) is 27.9 Å². The fourth-order valence-electron chi connectivity index (χ4n) is 2.59. The number of hydrogen-bond acceptors (Lipinski definition) is 3. The lowest BCUT2D eigenvalue weighted by atomic mass is 9.85. The Labute approximate surface area is 146 Å². The van der Waals surface area contributed by atoms with Gasteiger partial charge in [0, 0.05) is 17.8 Å². The van der Waals surface area contributed by atoms with Gasteiger partial charge < -0.3 is 9.30 Å². The van der Waals surface area contributed by atoms with E-state index in [2.05, 4.69) is 25.8 Å². The lowest BCUT2D eigenvalue weighted by Crippen LogP contribution is -2.31. The maximum absolute atomic E-state index is 12.5. The molecule has 0 aliphatic heterocycles. The topological polar surface area (TPSA) is 44.1 Å². The third kappa shape index (κ3) is 4.27. The molecule has 0 saturated carbocycles. The third-order valence-electron chi connectivity index (χ3n) is 3.73. The lowest BCUT2D eigenvalue weighted by molar-refractivity contribution is -0.0485. The van der Waals surface area contributed by atoms with Crippen molar-refractivity contribution in [1.82, 2.24) is 9.55 Å². The maximum Gasteiger partial charge on any atom is 0.340 e. The molecule has 6 heteroatoms. The molecule has 0 spiro atoms. The molecule has 1 aromatic carbocycles. The molecule has 1 unspecified atom stereocenters. The molecule has 1 aromatic heterocycles. The second kappa shape index (κ2) is 7.37. The molecule has 2 aromatic rings. The van der Waals surface area contributed by atoms with E-state index in [1.807, 2.05) is 4.57 Å². The van der Waals surface area contributed by atoms with Crippen LogP contribution in [0.2, 0.25) is 10.0 Å². The highest BCUT2D eigenvalue weighted by atomic mass is 35.5. The number of halogens is 2. The number of benzene rings is 1. The molecule has 0 amide bonds. The minimum Gasteiger partial charge on any atom is -0.437 e. The molecule has 0 radical (unpaired) electrons. The van der Waals surface area contributed by atoms with Crippen molar-refractivity contribution in [2.45, 2.75) is 39.8 Å². The van der Waals surface area contributed by atoms with Gasteiger partial charge in [-0.2, -0.15) is 0 Å². The van der Waals surface area contributed by atoms with Crippen molar-refractivity contribution >= 4 is 29.2 Å². The van der Waals surface area contributed by atoms with Crippen molar-refractivity contribution in [2.24, 2.45) is 5.41 Å². The van der Waals surface area contributed by atoms with E-state index in [9.17, 15) is 4.79 Å². The van der Waals surface area contributed by atoms with Gasteiger partial charge in [-0.1, -0.05) is 50.4 Å². The molecular weight excluding hydrogens is 335 g/mol. The Balaban J connectivity index is 2.27. The molecular formula is C17H20Cl2N2O2. The fraction of sp³-hybridized carbons (Fsp3) is 0.412. The van der Waals surface area contributed by atoms with Gasteiger partial charge in [0.05, 0.1) is 21.9 Å². The monoisotopic (exact) mass is 354 g/mol. The smallest absolute Gasteiger partial charge is 0.340 e. The Morgan fingerprint density at radius 1 is 1.35 bits per heavy atom. The summed E-state index contributed by atoms with van der Waals surface area (Å²) in [6.45, 7) is 6.25. The Morgan fingerprint density at radius 2 is 2.09 bits per heavy atom. The van der Waals surface area contributed by atoms with Gasteiger partial charge in [0.2, 0.25) is 0 Å². The zero-order valence-corrected chi connectivity index (χ0v) is 14.9. The van der Waals surface area contributed by atoms with Gasteiger partial charge in [-0.3, -0.25) is 0 Å². The summed E-state index contributed by atoms with van der Waals surface area (Å²) < 4.78 is 7.59. The first-order chi connectivity index (χ1) is 10.8. The molecule has 0 fully saturated rings. The van der Waals surface area contributed by atoms with Gasteiger partial charge in [0.15, 0.2) is 6.23 Å². The van der Waals surface area contributed by atoms with Crippen LogP contribution < -0.4 is 0 Å². The van der Waals surface area contributed by atoms with E-state index in [0.29, 0.717) is 15.6 Å². The summed E-state index contributed by atoms with van der Waals surface area (Å²) in [7, 11) is 0. The Morgan fingerprint density at radius 3 is 2.65 bits per heavy atom. The predicted molar refractivity (Wildman–Crippen MR) is 91.8 cm³/mol. The molecule has 0 aliphatic rings. The highest BCUT2D eigenvalue weighted by Crippen LogP contribution is 2.37. The van der Waals surface area contributed by atoms with Gasteiger partial charge in [-0.25, -0.2) is 9.78 Å². The number of nitrogens with zero attached hydrogens (tertiary/aromatic N) is 2. The summed E-state index contributed by atoms with van der Waals surface area (Å²) in [6.07, 6.45) is 6.57. The van der Waals surface area contributed by atoms with Crippen LogP contribution in [-0.2, 0) is 4.74 Å². The quantitative estimate of drug-likeness (QED) is 0.654. The molecule has 0 saturated heterocycles. The molecule has 1 heterocycles. The van der Waals surface area contributed by atoms with E-state index >= 15 is 0 Å². The number of imidazole rings is 1. The summed E-state index contributed by atoms with van der Waals surface area (Å²) in [5.74, 6) is -0.438. The normalized spacial score (nSPS) is 12.9. The summed E-state index contributed by atoms with van der Waals surface area (Å²) in [6, 6.07) is 4.71. The minimum absolute atomic E-state index is 0.235. The van der Waals surface area contributed by atoms with Crippen LogP contribution in [0, 0.1) is 5.41 Å². The summed E-state index contributed by atoms with van der Waals surface area (Å²) in [5, 5.41) is 0.730. The number of esters is 1. The van der Waals surface area contributed by atoms with Crippen molar-refractivity contribution < 1.29 is 9.53 Å². The molecule has 23 heavy (non-hydrogen) atoms. The maximum atomic E-state index is 12.5. The zero-order chi connectivity index (χ0) is 17.0. The first-order valence-corrected chi connectivity index (χ1v) is 8.24. The van der Waals surface area contributed by atoms with E-state index in [-0.39, 0.29) is 5.41 Å². The van der Waals surface area contributed by atoms with Crippen LogP contribution in [0.3, 0.4) is 0 Å². The second-order valence-electron chi connectivity index (χ2n) is 6.14. The Hall–Kier alpha value is -1.52. The minimum atomic E-state index is -0.452. The summed E-state index contributed by atoms with van der Waals surface area (Å²) >= 11 is 11.9. The number of ether oxygens (including phenoxy) is 1. The molecule has 1 atom stereocenters. The van der Waals surface area contributed by atoms with Crippen LogP contribution in [0.1, 0.15) is 50.2 Å². The van der Waals surface area contributed by atoms with Crippen LogP contribution >= 0.6 is 23.2 Å². The third-order valence-corrected chi connectivity index (χ3v) is 4.47. The average molecular weight is 355 g/mol. The highest BCUT2D eigenvalue weighted by molar-refractivity contribution is 6.42. The molecule has 0 N–H and O–H groups in total. The van der Waals surface area contributed by atoms with Gasteiger partial charge >= 0.3 is 5.97 Å². The number of aromatic nitrogens is 2. The van der Waals surface area contributed by atoms with Gasteiger partial charge in [0.1, 0.15) is 0 Å². The molecule has 0 bridgehead atoms. The van der Waals surface area contributed by atoms with Crippen LogP contribution in [-0.4, -0.2) is 15.5 Å². The Kier molecular flexibility index (Phi) is 5.71. The predicted octanol–water partition coefficient (Wildman–Crippen LogP) is 5.37. The van der Waals surface area contributed by atoms with Gasteiger partial charge in [0.25, 0.3) is 0 Å². The van der Waals surface area contributed by atoms with E-state index in [0.717, 1.165) is 12.8 Å². The standard InChI is InChI=1S/C17H20Cl2N2O2/c1-4-7-17(2,3)16(21-9-8-20-11-21)23-15(22)12-5-6-13(18)14(19)10-12/h5-6,8-11,16H,4,7H2,1-3H3. The summed E-state index contributed by atoms with van der Waals surface area (Å²) in [4.78, 5) is 16.6. The van der Waals surface area contributed by atoms with E-state index in [1.54, 1.807) is 30.9 Å². The number of carbonyl (C=O) groups is 1. The number of hydrogen-bond donors (Lipinski definition) is 0. The summed E-state index contributed by atoms with van der Waals surface area (Å²) in [5.41, 5.74) is 0.137. The van der Waals surface area contributed by atoms with Crippen molar-refractivity contribution in [1.29, 1.82) is 0 Å².